The molecule has 0 bridgehead atoms. The molecule has 0 radical (unpaired) electrons. The van der Waals surface area contributed by atoms with E-state index >= 15 is 0 Å². The second-order valence-electron chi connectivity index (χ2n) is 6.58. The summed E-state index contributed by atoms with van der Waals surface area (Å²) in [5.74, 6) is 0.133. The summed E-state index contributed by atoms with van der Waals surface area (Å²) in [6.07, 6.45) is 4.67. The van der Waals surface area contributed by atoms with Crippen LogP contribution in [0.5, 0.6) is 0 Å². The average molecular weight is 377 g/mol. The number of pyridine rings is 1. The number of hydrogen-bond acceptors (Lipinski definition) is 7. The molecular weight excluding hydrogens is 357 g/mol. The number of aromatic nitrogens is 3. The van der Waals surface area contributed by atoms with Crippen LogP contribution in [0.1, 0.15) is 18.5 Å². The minimum Gasteiger partial charge on any atom is -0.616 e. The maximum Gasteiger partial charge on any atom is 0.226 e. The summed E-state index contributed by atoms with van der Waals surface area (Å²) in [4.78, 5) is 15.2. The van der Waals surface area contributed by atoms with Crippen LogP contribution in [0.25, 0.3) is 11.3 Å². The van der Waals surface area contributed by atoms with E-state index in [2.05, 4.69) is 15.0 Å². The Morgan fingerprint density at radius 3 is 2.62 bits per heavy atom. The van der Waals surface area contributed by atoms with Gasteiger partial charge < -0.3 is 19.9 Å². The third-order valence-corrected chi connectivity index (χ3v) is 6.60. The highest BCUT2D eigenvalue weighted by molar-refractivity contribution is 7.91. The molecule has 1 saturated carbocycles. The first-order chi connectivity index (χ1) is 12.5. The lowest BCUT2D eigenvalue weighted by atomic mass is 10.1. The molecule has 2 aliphatic rings. The van der Waals surface area contributed by atoms with Crippen molar-refractivity contribution in [3.05, 3.63) is 29.8 Å². The fourth-order valence-electron chi connectivity index (χ4n) is 3.15. The van der Waals surface area contributed by atoms with E-state index in [9.17, 15) is 8.94 Å². The van der Waals surface area contributed by atoms with Gasteiger partial charge in [0.1, 0.15) is 17.3 Å². The average Bonchev–Trinajstić information content (AvgIpc) is 3.44. The van der Waals surface area contributed by atoms with Crippen molar-refractivity contribution in [1.29, 1.82) is 0 Å². The van der Waals surface area contributed by atoms with Gasteiger partial charge in [0.15, 0.2) is 4.75 Å². The number of morpholine rings is 1. The van der Waals surface area contributed by atoms with Crippen molar-refractivity contribution in [3.8, 4) is 11.3 Å². The lowest BCUT2D eigenvalue weighted by molar-refractivity contribution is 0.122. The molecule has 1 aliphatic carbocycles. The van der Waals surface area contributed by atoms with E-state index in [1.807, 2.05) is 4.90 Å². The molecule has 2 aromatic heterocycles. The lowest BCUT2D eigenvalue weighted by Crippen LogP contribution is -2.38. The van der Waals surface area contributed by atoms with Crippen molar-refractivity contribution in [2.45, 2.75) is 17.6 Å². The molecule has 7 nitrogen and oxygen atoms in total. The minimum atomic E-state index is -1.07. The first kappa shape index (κ1) is 17.4. The maximum atomic E-state index is 14.4. The SMILES string of the molecule is C[S+]([O-])C1(c2cc(-c3cnc(N)cc3F)nc(N3CCOCC3)n2)CC1. The van der Waals surface area contributed by atoms with Gasteiger partial charge in [0.25, 0.3) is 0 Å². The summed E-state index contributed by atoms with van der Waals surface area (Å²) in [7, 11) is 0. The van der Waals surface area contributed by atoms with Gasteiger partial charge in [0, 0.05) is 38.2 Å². The van der Waals surface area contributed by atoms with Gasteiger partial charge in [-0.2, -0.15) is 0 Å². The van der Waals surface area contributed by atoms with Crippen molar-refractivity contribution in [2.24, 2.45) is 0 Å². The Hall–Kier alpha value is -1.97. The summed E-state index contributed by atoms with van der Waals surface area (Å²) in [6, 6.07) is 2.91. The van der Waals surface area contributed by atoms with Gasteiger partial charge in [-0.15, -0.1) is 0 Å². The van der Waals surface area contributed by atoms with Gasteiger partial charge >= 0.3 is 0 Å². The van der Waals surface area contributed by atoms with E-state index in [0.29, 0.717) is 43.6 Å². The number of nitrogen functional groups attached to an aromatic ring is 1. The molecule has 2 aromatic rings. The second kappa shape index (κ2) is 6.64. The first-order valence-electron chi connectivity index (χ1n) is 8.47. The van der Waals surface area contributed by atoms with E-state index in [4.69, 9.17) is 10.5 Å². The zero-order valence-electron chi connectivity index (χ0n) is 14.4. The molecule has 0 spiro atoms. The lowest BCUT2D eigenvalue weighted by Gasteiger charge is -2.28. The maximum absolute atomic E-state index is 14.4. The molecule has 2 fully saturated rings. The zero-order chi connectivity index (χ0) is 18.3. The summed E-state index contributed by atoms with van der Waals surface area (Å²) in [5.41, 5.74) is 6.94. The number of rotatable bonds is 4. The number of nitrogens with two attached hydrogens (primary N) is 1. The molecular formula is C17H20FN5O2S. The van der Waals surface area contributed by atoms with Crippen LogP contribution in [-0.2, 0) is 20.7 Å². The predicted molar refractivity (Wildman–Crippen MR) is 97.6 cm³/mol. The number of halogens is 1. The van der Waals surface area contributed by atoms with E-state index < -0.39 is 21.7 Å². The highest BCUT2D eigenvalue weighted by Gasteiger charge is 2.55. The van der Waals surface area contributed by atoms with E-state index in [1.54, 1.807) is 12.3 Å². The Kier molecular flexibility index (Phi) is 4.45. The molecule has 9 heteroatoms. The van der Waals surface area contributed by atoms with Gasteiger partial charge in [0.05, 0.1) is 30.7 Å². The summed E-state index contributed by atoms with van der Waals surface area (Å²) in [6.45, 7) is 2.50. The molecule has 3 heterocycles. The highest BCUT2D eigenvalue weighted by Crippen LogP contribution is 2.52. The van der Waals surface area contributed by atoms with Gasteiger partial charge in [-0.3, -0.25) is 0 Å². The molecule has 4 rings (SSSR count). The predicted octanol–water partition coefficient (Wildman–Crippen LogP) is 1.46. The Bertz CT molecular complexity index is 825. The van der Waals surface area contributed by atoms with Crippen molar-refractivity contribution < 1.29 is 13.7 Å². The Morgan fingerprint density at radius 2 is 2.00 bits per heavy atom. The van der Waals surface area contributed by atoms with Gasteiger partial charge in [0.2, 0.25) is 5.95 Å². The summed E-state index contributed by atoms with van der Waals surface area (Å²) in [5, 5.41) is 0. The molecule has 0 amide bonds. The van der Waals surface area contributed by atoms with Gasteiger partial charge in [-0.25, -0.2) is 19.3 Å². The smallest absolute Gasteiger partial charge is 0.226 e. The Labute approximate surface area is 154 Å². The zero-order valence-corrected chi connectivity index (χ0v) is 15.3. The van der Waals surface area contributed by atoms with Crippen molar-refractivity contribution in [3.63, 3.8) is 0 Å². The monoisotopic (exact) mass is 377 g/mol. The van der Waals surface area contributed by atoms with Crippen LogP contribution in [0.2, 0.25) is 0 Å². The first-order valence-corrected chi connectivity index (χ1v) is 10.0. The Morgan fingerprint density at radius 1 is 1.27 bits per heavy atom. The van der Waals surface area contributed by atoms with Crippen molar-refractivity contribution in [2.75, 3.05) is 43.2 Å². The molecule has 1 aliphatic heterocycles. The van der Waals surface area contributed by atoms with Crippen LogP contribution in [0.4, 0.5) is 16.2 Å². The number of anilines is 2. The van der Waals surface area contributed by atoms with Crippen LogP contribution in [-0.4, -0.2) is 52.1 Å². The van der Waals surface area contributed by atoms with Gasteiger partial charge in [-0.05, 0) is 17.2 Å². The number of nitrogens with zero attached hydrogens (tertiary/aromatic N) is 4. The largest absolute Gasteiger partial charge is 0.616 e. The van der Waals surface area contributed by atoms with E-state index in [1.165, 1.54) is 12.3 Å². The van der Waals surface area contributed by atoms with Crippen molar-refractivity contribution in [1.82, 2.24) is 15.0 Å². The summed E-state index contributed by atoms with van der Waals surface area (Å²) < 4.78 is 31.7. The fourth-order valence-corrected chi connectivity index (χ4v) is 4.23. The molecule has 1 unspecified atom stereocenters. The van der Waals surface area contributed by atoms with Crippen LogP contribution in [0.3, 0.4) is 0 Å². The number of ether oxygens (including phenoxy) is 1. The number of hydrogen-bond donors (Lipinski definition) is 1. The van der Waals surface area contributed by atoms with Crippen LogP contribution < -0.4 is 10.6 Å². The van der Waals surface area contributed by atoms with Crippen LogP contribution >= 0.6 is 0 Å². The van der Waals surface area contributed by atoms with Gasteiger partial charge in [-0.1, -0.05) is 0 Å². The molecule has 0 aromatic carbocycles. The van der Waals surface area contributed by atoms with E-state index in [0.717, 1.165) is 12.8 Å². The molecule has 1 atom stereocenters. The normalized spacial score (nSPS) is 20.0. The van der Waals surface area contributed by atoms with Crippen molar-refractivity contribution >= 4 is 22.9 Å². The van der Waals surface area contributed by atoms with E-state index in [-0.39, 0.29) is 11.4 Å². The molecule has 1 saturated heterocycles. The van der Waals surface area contributed by atoms with Crippen LogP contribution in [0.15, 0.2) is 18.3 Å². The molecule has 26 heavy (non-hydrogen) atoms. The quantitative estimate of drug-likeness (QED) is 0.805. The molecule has 2 N–H and O–H groups in total. The third kappa shape index (κ3) is 3.10. The van der Waals surface area contributed by atoms with Crippen LogP contribution in [0, 0.1) is 5.82 Å². The second-order valence-corrected chi connectivity index (χ2v) is 8.26. The topological polar surface area (TPSA) is 100 Å². The standard InChI is InChI=1S/C17H20FN5O2S/c1-26(24)17(2-3-17)14-9-13(11-10-20-15(19)8-12(11)18)21-16(22-14)23-4-6-25-7-5-23/h8-10H,2-7H2,1H3,(H2,19,20). The minimum absolute atomic E-state index is 0.113. The third-order valence-electron chi connectivity index (χ3n) is 4.88. The Balaban J connectivity index is 1.82. The molecule has 138 valence electrons. The summed E-state index contributed by atoms with van der Waals surface area (Å²) >= 11 is -1.07. The highest BCUT2D eigenvalue weighted by atomic mass is 32.2. The fraction of sp³-hybridized carbons (Fsp3) is 0.471.